The summed E-state index contributed by atoms with van der Waals surface area (Å²) in [6.07, 6.45) is 3.25. The Morgan fingerprint density at radius 2 is 1.37 bits per heavy atom. The molecule has 1 heterocycles. The molecule has 0 saturated heterocycles. The zero-order valence-electron chi connectivity index (χ0n) is 15.4. The van der Waals surface area contributed by atoms with Crippen LogP contribution in [0.3, 0.4) is 0 Å². The molecule has 148 valence electrons. The number of ether oxygens (including phenoxy) is 5. The fourth-order valence-corrected chi connectivity index (χ4v) is 2.24. The highest BCUT2D eigenvalue weighted by Crippen LogP contribution is 2.22. The van der Waals surface area contributed by atoms with Crippen LogP contribution in [0.15, 0.2) is 36.4 Å². The first-order chi connectivity index (χ1) is 13.2. The van der Waals surface area contributed by atoms with Gasteiger partial charge in [-0.1, -0.05) is 0 Å². The van der Waals surface area contributed by atoms with E-state index in [4.69, 9.17) is 23.7 Å². The van der Waals surface area contributed by atoms with Crippen molar-refractivity contribution in [1.29, 1.82) is 0 Å². The minimum Gasteiger partial charge on any atom is -0.468 e. The smallest absolute Gasteiger partial charge is 0.258 e. The summed E-state index contributed by atoms with van der Waals surface area (Å²) in [7, 11) is 1.63. The van der Waals surface area contributed by atoms with Crippen molar-refractivity contribution in [1.82, 2.24) is 0 Å². The lowest BCUT2D eigenvalue weighted by molar-refractivity contribution is -0.119. The van der Waals surface area contributed by atoms with Crippen LogP contribution in [0.25, 0.3) is 0 Å². The van der Waals surface area contributed by atoms with Gasteiger partial charge in [0.1, 0.15) is 5.75 Å². The second kappa shape index (κ2) is 12.2. The van der Waals surface area contributed by atoms with Crippen LogP contribution in [0.1, 0.15) is 6.42 Å². The molecule has 0 aromatic heterocycles. The van der Waals surface area contributed by atoms with Crippen molar-refractivity contribution in [3.8, 4) is 5.75 Å². The number of hydrogen-bond acceptors (Lipinski definition) is 7. The van der Waals surface area contributed by atoms with Crippen LogP contribution in [-0.2, 0) is 28.5 Å². The largest absolute Gasteiger partial charge is 0.468 e. The molecular formula is C19H25NO7. The Balaban J connectivity index is 1.50. The summed E-state index contributed by atoms with van der Waals surface area (Å²) in [5, 5.41) is 0. The number of benzene rings is 1. The van der Waals surface area contributed by atoms with Gasteiger partial charge in [0.05, 0.1) is 38.7 Å². The van der Waals surface area contributed by atoms with Crippen molar-refractivity contribution in [3.05, 3.63) is 36.4 Å². The summed E-state index contributed by atoms with van der Waals surface area (Å²) in [6, 6.07) is 6.68. The predicted molar refractivity (Wildman–Crippen MR) is 97.7 cm³/mol. The molecule has 0 aliphatic carbocycles. The van der Waals surface area contributed by atoms with Gasteiger partial charge in [0.25, 0.3) is 11.8 Å². The monoisotopic (exact) mass is 379 g/mol. The summed E-state index contributed by atoms with van der Waals surface area (Å²) < 4.78 is 26.4. The van der Waals surface area contributed by atoms with Crippen LogP contribution < -0.4 is 9.64 Å². The number of anilines is 1. The SMILES string of the molecule is COCCOCCOCCCOCOc1ccc(N2C(=O)C=CC2=O)cc1. The average Bonchev–Trinajstić information content (AvgIpc) is 3.01. The van der Waals surface area contributed by atoms with E-state index in [-0.39, 0.29) is 18.6 Å². The van der Waals surface area contributed by atoms with Gasteiger partial charge in [0.15, 0.2) is 6.79 Å². The van der Waals surface area contributed by atoms with E-state index in [0.29, 0.717) is 51.1 Å². The van der Waals surface area contributed by atoms with Gasteiger partial charge in [-0.2, -0.15) is 0 Å². The lowest BCUT2D eigenvalue weighted by atomic mass is 10.3. The van der Waals surface area contributed by atoms with Crippen LogP contribution in [-0.4, -0.2) is 65.4 Å². The molecule has 0 bridgehead atoms. The number of imide groups is 1. The van der Waals surface area contributed by atoms with E-state index < -0.39 is 0 Å². The van der Waals surface area contributed by atoms with Crippen LogP contribution in [0.5, 0.6) is 5.75 Å². The molecule has 1 aliphatic rings. The molecule has 0 radical (unpaired) electrons. The van der Waals surface area contributed by atoms with Gasteiger partial charge in [-0.15, -0.1) is 0 Å². The van der Waals surface area contributed by atoms with Crippen molar-refractivity contribution in [2.75, 3.05) is 58.4 Å². The van der Waals surface area contributed by atoms with E-state index in [9.17, 15) is 9.59 Å². The third-order valence-corrected chi connectivity index (χ3v) is 3.59. The predicted octanol–water partition coefficient (Wildman–Crippen LogP) is 1.54. The van der Waals surface area contributed by atoms with Crippen LogP contribution in [0.4, 0.5) is 5.69 Å². The minimum absolute atomic E-state index is 0.114. The van der Waals surface area contributed by atoms with E-state index in [2.05, 4.69) is 0 Å². The summed E-state index contributed by atoms with van der Waals surface area (Å²) in [4.78, 5) is 24.3. The van der Waals surface area contributed by atoms with Crippen LogP contribution >= 0.6 is 0 Å². The van der Waals surface area contributed by atoms with Crippen molar-refractivity contribution < 1.29 is 33.3 Å². The number of nitrogens with zero attached hydrogens (tertiary/aromatic N) is 1. The molecule has 0 N–H and O–H groups in total. The number of rotatable bonds is 14. The Hall–Kier alpha value is -2.26. The standard InChI is InChI=1S/C19H25NO7/c1-23-11-12-25-14-13-24-9-2-10-26-15-27-17-5-3-16(4-6-17)20-18(21)7-8-19(20)22/h3-8H,2,9-15H2,1H3. The summed E-state index contributed by atoms with van der Waals surface area (Å²) in [5.74, 6) is -0.100. The van der Waals surface area contributed by atoms with Gasteiger partial charge >= 0.3 is 0 Å². The molecule has 0 saturated carbocycles. The summed E-state index contributed by atoms with van der Waals surface area (Å²) in [6.45, 7) is 3.48. The molecule has 2 amide bonds. The molecule has 27 heavy (non-hydrogen) atoms. The first-order valence-electron chi connectivity index (χ1n) is 8.73. The Kier molecular flexibility index (Phi) is 9.50. The second-order valence-corrected chi connectivity index (χ2v) is 5.58. The third kappa shape index (κ3) is 7.48. The zero-order chi connectivity index (χ0) is 19.3. The Morgan fingerprint density at radius 3 is 2.04 bits per heavy atom. The zero-order valence-corrected chi connectivity index (χ0v) is 15.4. The molecule has 1 aromatic rings. The van der Waals surface area contributed by atoms with E-state index in [1.54, 1.807) is 31.4 Å². The minimum atomic E-state index is -0.347. The van der Waals surface area contributed by atoms with Crippen molar-refractivity contribution >= 4 is 17.5 Å². The Labute approximate surface area is 158 Å². The van der Waals surface area contributed by atoms with Crippen molar-refractivity contribution in [2.45, 2.75) is 6.42 Å². The molecule has 1 aliphatic heterocycles. The van der Waals surface area contributed by atoms with Gasteiger partial charge in [-0.25, -0.2) is 4.90 Å². The highest BCUT2D eigenvalue weighted by Gasteiger charge is 2.24. The maximum atomic E-state index is 11.6. The van der Waals surface area contributed by atoms with Gasteiger partial charge in [-0.3, -0.25) is 9.59 Å². The molecule has 2 rings (SSSR count). The third-order valence-electron chi connectivity index (χ3n) is 3.59. The highest BCUT2D eigenvalue weighted by molar-refractivity contribution is 6.28. The normalized spacial score (nSPS) is 13.6. The molecule has 8 nitrogen and oxygen atoms in total. The van der Waals surface area contributed by atoms with Gasteiger partial charge < -0.3 is 23.7 Å². The number of carbonyl (C=O) groups is 2. The average molecular weight is 379 g/mol. The van der Waals surface area contributed by atoms with Crippen LogP contribution in [0, 0.1) is 0 Å². The van der Waals surface area contributed by atoms with Crippen molar-refractivity contribution in [3.63, 3.8) is 0 Å². The van der Waals surface area contributed by atoms with E-state index in [0.717, 1.165) is 11.3 Å². The maximum Gasteiger partial charge on any atom is 0.258 e. The number of amides is 2. The van der Waals surface area contributed by atoms with E-state index in [1.165, 1.54) is 12.2 Å². The molecule has 0 spiro atoms. The van der Waals surface area contributed by atoms with Gasteiger partial charge in [0, 0.05) is 25.9 Å². The summed E-state index contributed by atoms with van der Waals surface area (Å²) >= 11 is 0. The van der Waals surface area contributed by atoms with Gasteiger partial charge in [0.2, 0.25) is 0 Å². The molecule has 0 fully saturated rings. The fraction of sp³-hybridized carbons (Fsp3) is 0.474. The van der Waals surface area contributed by atoms with Crippen molar-refractivity contribution in [2.24, 2.45) is 0 Å². The maximum absolute atomic E-state index is 11.6. The molecule has 1 aromatic carbocycles. The van der Waals surface area contributed by atoms with Gasteiger partial charge in [-0.05, 0) is 30.7 Å². The number of carbonyl (C=O) groups excluding carboxylic acids is 2. The lowest BCUT2D eigenvalue weighted by Crippen LogP contribution is -2.29. The van der Waals surface area contributed by atoms with Crippen LogP contribution in [0.2, 0.25) is 0 Å². The first-order valence-corrected chi connectivity index (χ1v) is 8.73. The summed E-state index contributed by atoms with van der Waals surface area (Å²) in [5.41, 5.74) is 0.506. The lowest BCUT2D eigenvalue weighted by Gasteiger charge is -2.14. The molecular weight excluding hydrogens is 354 g/mol. The quantitative estimate of drug-likeness (QED) is 0.275. The molecule has 0 atom stereocenters. The highest BCUT2D eigenvalue weighted by atomic mass is 16.7. The fourth-order valence-electron chi connectivity index (χ4n) is 2.24. The Morgan fingerprint density at radius 1 is 0.778 bits per heavy atom. The number of hydrogen-bond donors (Lipinski definition) is 0. The first kappa shape index (κ1) is 21.0. The number of methoxy groups -OCH3 is 1. The topological polar surface area (TPSA) is 83.5 Å². The van der Waals surface area contributed by atoms with E-state index >= 15 is 0 Å². The molecule has 0 unspecified atom stereocenters. The van der Waals surface area contributed by atoms with E-state index in [1.807, 2.05) is 0 Å². The Bertz CT molecular complexity index is 597. The second-order valence-electron chi connectivity index (χ2n) is 5.58. The molecule has 8 heteroatoms.